The van der Waals surface area contributed by atoms with Crippen LogP contribution in [0.25, 0.3) is 0 Å². The second kappa shape index (κ2) is 4.01. The molecule has 0 amide bonds. The average molecular weight is 246 g/mol. The van der Waals surface area contributed by atoms with Gasteiger partial charge in [0.15, 0.2) is 0 Å². The van der Waals surface area contributed by atoms with E-state index in [0.717, 1.165) is 18.4 Å². The lowest BCUT2D eigenvalue weighted by Gasteiger charge is -2.10. The lowest BCUT2D eigenvalue weighted by molar-refractivity contribution is -0.145. The van der Waals surface area contributed by atoms with Crippen molar-refractivity contribution in [2.75, 3.05) is 6.61 Å². The number of hydrogen-bond acceptors (Lipinski definition) is 3. The first-order chi connectivity index (χ1) is 8.67. The maximum absolute atomic E-state index is 11.8. The molecule has 1 saturated carbocycles. The van der Waals surface area contributed by atoms with Crippen LogP contribution < -0.4 is 0 Å². The number of rotatable bonds is 3. The zero-order valence-electron chi connectivity index (χ0n) is 10.8. The van der Waals surface area contributed by atoms with Crippen LogP contribution in [0, 0.1) is 11.8 Å². The summed E-state index contributed by atoms with van der Waals surface area (Å²) in [5, 5.41) is 9.84. The predicted molar refractivity (Wildman–Crippen MR) is 67.5 cm³/mol. The summed E-state index contributed by atoms with van der Waals surface area (Å²) < 4.78 is 5.11. The number of ether oxygens (including phenoxy) is 1. The van der Waals surface area contributed by atoms with E-state index in [2.05, 4.69) is 6.07 Å². The van der Waals surface area contributed by atoms with Gasteiger partial charge in [0.25, 0.3) is 0 Å². The molecule has 3 nitrogen and oxygen atoms in total. The minimum Gasteiger partial charge on any atom is -0.508 e. The number of carbonyl (C=O) groups is 1. The molecule has 2 aliphatic rings. The standard InChI is InChI=1S/C15H18O3/c1-3-8-5-10-9(7-12(8)16)6-11-13(10)14(11)15(17)18-4-2/h5,7,11,13-14,16H,3-4,6H2,1-2H3. The first kappa shape index (κ1) is 11.6. The second-order valence-corrected chi connectivity index (χ2v) is 5.20. The molecule has 0 saturated heterocycles. The van der Waals surface area contributed by atoms with Crippen molar-refractivity contribution in [2.24, 2.45) is 11.8 Å². The Morgan fingerprint density at radius 3 is 2.89 bits per heavy atom. The Balaban J connectivity index is 1.87. The minimum atomic E-state index is -0.0516. The molecule has 0 heterocycles. The fourth-order valence-corrected chi connectivity index (χ4v) is 3.33. The molecule has 3 rings (SSSR count). The smallest absolute Gasteiger partial charge is 0.309 e. The molecule has 3 atom stereocenters. The van der Waals surface area contributed by atoms with Crippen LogP contribution in [0.4, 0.5) is 0 Å². The number of benzene rings is 1. The largest absolute Gasteiger partial charge is 0.508 e. The number of carbonyl (C=O) groups excluding carboxylic acids is 1. The van der Waals surface area contributed by atoms with Gasteiger partial charge < -0.3 is 9.84 Å². The normalized spacial score (nSPS) is 27.6. The molecule has 0 aliphatic heterocycles. The Morgan fingerprint density at radius 1 is 1.44 bits per heavy atom. The first-order valence-electron chi connectivity index (χ1n) is 6.68. The van der Waals surface area contributed by atoms with Crippen LogP contribution in [0.15, 0.2) is 12.1 Å². The summed E-state index contributed by atoms with van der Waals surface area (Å²) in [6.07, 6.45) is 1.72. The molecule has 1 aromatic carbocycles. The van der Waals surface area contributed by atoms with Crippen molar-refractivity contribution in [3.05, 3.63) is 28.8 Å². The molecular formula is C15H18O3. The number of fused-ring (bicyclic) bond motifs is 3. The highest BCUT2D eigenvalue weighted by Gasteiger charge is 2.60. The third-order valence-electron chi connectivity index (χ3n) is 4.26. The van der Waals surface area contributed by atoms with Crippen molar-refractivity contribution in [3.63, 3.8) is 0 Å². The Labute approximate surface area is 107 Å². The Bertz CT molecular complexity index is 507. The van der Waals surface area contributed by atoms with Gasteiger partial charge >= 0.3 is 5.97 Å². The number of aryl methyl sites for hydroxylation is 1. The number of aromatic hydroxyl groups is 1. The van der Waals surface area contributed by atoms with Gasteiger partial charge in [0.1, 0.15) is 5.75 Å². The Kier molecular flexibility index (Phi) is 2.58. The molecule has 3 unspecified atom stereocenters. The second-order valence-electron chi connectivity index (χ2n) is 5.20. The van der Waals surface area contributed by atoms with Crippen LogP contribution in [0.5, 0.6) is 5.75 Å². The summed E-state index contributed by atoms with van der Waals surface area (Å²) in [6, 6.07) is 3.96. The van der Waals surface area contributed by atoms with Crippen LogP contribution in [0.1, 0.15) is 36.5 Å². The summed E-state index contributed by atoms with van der Waals surface area (Å²) in [5.41, 5.74) is 3.44. The van der Waals surface area contributed by atoms with Crippen LogP contribution in [0.3, 0.4) is 0 Å². The monoisotopic (exact) mass is 246 g/mol. The van der Waals surface area contributed by atoms with Crippen LogP contribution >= 0.6 is 0 Å². The molecule has 18 heavy (non-hydrogen) atoms. The van der Waals surface area contributed by atoms with E-state index in [9.17, 15) is 9.90 Å². The van der Waals surface area contributed by atoms with Gasteiger partial charge in [0.05, 0.1) is 12.5 Å². The molecule has 1 fully saturated rings. The summed E-state index contributed by atoms with van der Waals surface area (Å²) in [4.78, 5) is 11.8. The molecule has 0 bridgehead atoms. The molecule has 3 heteroatoms. The zero-order chi connectivity index (χ0) is 12.9. The maximum Gasteiger partial charge on any atom is 0.309 e. The maximum atomic E-state index is 11.8. The SMILES string of the molecule is CCOC(=O)C1C2Cc3cc(O)c(CC)cc3C21. The summed E-state index contributed by atoms with van der Waals surface area (Å²) in [5.74, 6) is 1.15. The van der Waals surface area contributed by atoms with Crippen molar-refractivity contribution < 1.29 is 14.6 Å². The number of esters is 1. The summed E-state index contributed by atoms with van der Waals surface area (Å²) >= 11 is 0. The van der Waals surface area contributed by atoms with Gasteiger partial charge in [-0.3, -0.25) is 4.79 Å². The highest BCUT2D eigenvalue weighted by Crippen LogP contribution is 2.62. The fraction of sp³-hybridized carbons (Fsp3) is 0.533. The van der Waals surface area contributed by atoms with Crippen LogP contribution in [-0.4, -0.2) is 17.7 Å². The topological polar surface area (TPSA) is 46.5 Å². The van der Waals surface area contributed by atoms with Crippen LogP contribution in [-0.2, 0) is 22.4 Å². The van der Waals surface area contributed by atoms with Gasteiger partial charge in [-0.1, -0.05) is 13.0 Å². The number of phenolic OH excluding ortho intramolecular Hbond substituents is 1. The quantitative estimate of drug-likeness (QED) is 0.833. The van der Waals surface area contributed by atoms with E-state index in [1.807, 2.05) is 19.9 Å². The molecular weight excluding hydrogens is 228 g/mol. The predicted octanol–water partition coefficient (Wildman–Crippen LogP) is 2.40. The van der Waals surface area contributed by atoms with E-state index in [4.69, 9.17) is 4.74 Å². The molecule has 1 N–H and O–H groups in total. The zero-order valence-corrected chi connectivity index (χ0v) is 10.8. The van der Waals surface area contributed by atoms with E-state index in [0.29, 0.717) is 24.2 Å². The van der Waals surface area contributed by atoms with E-state index in [1.165, 1.54) is 11.1 Å². The summed E-state index contributed by atoms with van der Waals surface area (Å²) in [7, 11) is 0. The van der Waals surface area contributed by atoms with Crippen LogP contribution in [0.2, 0.25) is 0 Å². The van der Waals surface area contributed by atoms with E-state index >= 15 is 0 Å². The van der Waals surface area contributed by atoms with Gasteiger partial charge in [0, 0.05) is 5.92 Å². The van der Waals surface area contributed by atoms with E-state index in [1.54, 1.807) is 0 Å². The molecule has 0 aromatic heterocycles. The molecule has 1 aromatic rings. The van der Waals surface area contributed by atoms with Crippen molar-refractivity contribution >= 4 is 5.97 Å². The third-order valence-corrected chi connectivity index (χ3v) is 4.26. The van der Waals surface area contributed by atoms with Gasteiger partial charge in [-0.15, -0.1) is 0 Å². The van der Waals surface area contributed by atoms with Gasteiger partial charge in [-0.05, 0) is 48.4 Å². The number of phenols is 1. The van der Waals surface area contributed by atoms with E-state index in [-0.39, 0.29) is 11.9 Å². The van der Waals surface area contributed by atoms with Gasteiger partial charge in [-0.25, -0.2) is 0 Å². The van der Waals surface area contributed by atoms with E-state index < -0.39 is 0 Å². The average Bonchev–Trinajstić information content (AvgIpc) is 2.94. The lowest BCUT2D eigenvalue weighted by atomic mass is 9.98. The molecule has 96 valence electrons. The minimum absolute atomic E-state index is 0.0516. The van der Waals surface area contributed by atoms with Crippen molar-refractivity contribution in [2.45, 2.75) is 32.6 Å². The van der Waals surface area contributed by atoms with Crippen molar-refractivity contribution in [1.82, 2.24) is 0 Å². The molecule has 2 aliphatic carbocycles. The molecule has 0 spiro atoms. The first-order valence-corrected chi connectivity index (χ1v) is 6.68. The highest BCUT2D eigenvalue weighted by atomic mass is 16.5. The third kappa shape index (κ3) is 1.53. The van der Waals surface area contributed by atoms with Gasteiger partial charge in [-0.2, -0.15) is 0 Å². The summed E-state index contributed by atoms with van der Waals surface area (Å²) in [6.45, 7) is 4.33. The highest BCUT2D eigenvalue weighted by molar-refractivity contribution is 5.80. The Morgan fingerprint density at radius 2 is 2.22 bits per heavy atom. The lowest BCUT2D eigenvalue weighted by Crippen LogP contribution is -2.11. The van der Waals surface area contributed by atoms with Crippen molar-refractivity contribution in [3.8, 4) is 5.75 Å². The Hall–Kier alpha value is -1.51. The molecule has 0 radical (unpaired) electrons. The van der Waals surface area contributed by atoms with Gasteiger partial charge in [0.2, 0.25) is 0 Å². The van der Waals surface area contributed by atoms with Crippen molar-refractivity contribution in [1.29, 1.82) is 0 Å². The number of hydrogen-bond donors (Lipinski definition) is 1. The fourth-order valence-electron chi connectivity index (χ4n) is 3.33.